The van der Waals surface area contributed by atoms with Crippen LogP contribution in [-0.4, -0.2) is 9.97 Å². The minimum absolute atomic E-state index is 0.0611. The first kappa shape index (κ1) is 11.2. The van der Waals surface area contributed by atoms with Gasteiger partial charge < -0.3 is 0 Å². The standard InChI is InChI=1S/C19H14N2/c1-3-7-16-14(5-1)15-6-2-4-8-17(15)19(16)9-13-11-20-12-21-18(13)10-19/h1-8,11-12H,9-10H2. The SMILES string of the molecule is c1ccc2c(c1)-c1ccccc1C21Cc2cncnc2C1. The van der Waals surface area contributed by atoms with Crippen molar-refractivity contribution in [1.29, 1.82) is 0 Å². The highest BCUT2D eigenvalue weighted by Crippen LogP contribution is 2.54. The molecule has 1 spiro atoms. The molecule has 2 aliphatic carbocycles. The Morgan fingerprint density at radius 3 is 2.14 bits per heavy atom. The monoisotopic (exact) mass is 270 g/mol. The van der Waals surface area contributed by atoms with Gasteiger partial charge in [-0.3, -0.25) is 0 Å². The molecular formula is C19H14N2. The third-order valence-electron chi connectivity index (χ3n) is 5.02. The lowest BCUT2D eigenvalue weighted by molar-refractivity contribution is 0.560. The number of aromatic nitrogens is 2. The quantitative estimate of drug-likeness (QED) is 0.624. The first-order chi connectivity index (χ1) is 10.4. The van der Waals surface area contributed by atoms with Crippen LogP contribution in [0.1, 0.15) is 22.4 Å². The predicted molar refractivity (Wildman–Crippen MR) is 82.1 cm³/mol. The summed E-state index contributed by atoms with van der Waals surface area (Å²) in [5, 5.41) is 0. The Hall–Kier alpha value is -2.48. The molecule has 1 aromatic heterocycles. The Morgan fingerprint density at radius 1 is 0.810 bits per heavy atom. The molecule has 0 saturated heterocycles. The van der Waals surface area contributed by atoms with Gasteiger partial charge in [-0.05, 0) is 34.2 Å². The fourth-order valence-electron chi connectivity index (χ4n) is 4.16. The number of hydrogen-bond donors (Lipinski definition) is 0. The summed E-state index contributed by atoms with van der Waals surface area (Å²) in [5.41, 5.74) is 8.22. The van der Waals surface area contributed by atoms with E-state index in [1.807, 2.05) is 6.20 Å². The molecule has 0 radical (unpaired) electrons. The smallest absolute Gasteiger partial charge is 0.115 e. The molecule has 2 aliphatic rings. The molecule has 0 atom stereocenters. The molecule has 0 N–H and O–H groups in total. The molecule has 21 heavy (non-hydrogen) atoms. The molecule has 100 valence electrons. The number of nitrogens with zero attached hydrogens (tertiary/aromatic N) is 2. The highest BCUT2D eigenvalue weighted by molar-refractivity contribution is 5.82. The Balaban J connectivity index is 1.82. The van der Waals surface area contributed by atoms with E-state index >= 15 is 0 Å². The van der Waals surface area contributed by atoms with Gasteiger partial charge in [0.05, 0.1) is 0 Å². The third kappa shape index (κ3) is 1.32. The molecule has 2 aromatic carbocycles. The third-order valence-corrected chi connectivity index (χ3v) is 5.02. The van der Waals surface area contributed by atoms with Gasteiger partial charge in [-0.2, -0.15) is 0 Å². The normalized spacial score (nSPS) is 16.6. The lowest BCUT2D eigenvalue weighted by Gasteiger charge is -2.26. The van der Waals surface area contributed by atoms with Crippen molar-refractivity contribution in [2.24, 2.45) is 0 Å². The van der Waals surface area contributed by atoms with Crippen molar-refractivity contribution < 1.29 is 0 Å². The molecule has 0 unspecified atom stereocenters. The molecule has 0 amide bonds. The molecule has 0 aliphatic heterocycles. The van der Waals surface area contributed by atoms with Gasteiger partial charge in [-0.15, -0.1) is 0 Å². The predicted octanol–water partition coefficient (Wildman–Crippen LogP) is 3.54. The van der Waals surface area contributed by atoms with E-state index in [1.165, 1.54) is 33.5 Å². The van der Waals surface area contributed by atoms with Crippen molar-refractivity contribution in [2.45, 2.75) is 18.3 Å². The minimum atomic E-state index is 0.0611. The van der Waals surface area contributed by atoms with Gasteiger partial charge in [0.2, 0.25) is 0 Å². The lowest BCUT2D eigenvalue weighted by Crippen LogP contribution is -2.25. The second kappa shape index (κ2) is 3.79. The summed E-state index contributed by atoms with van der Waals surface area (Å²) in [6.07, 6.45) is 5.65. The first-order valence-electron chi connectivity index (χ1n) is 7.36. The van der Waals surface area contributed by atoms with Gasteiger partial charge in [-0.1, -0.05) is 48.5 Å². The maximum atomic E-state index is 4.51. The molecule has 2 nitrogen and oxygen atoms in total. The zero-order chi connectivity index (χ0) is 13.9. The van der Waals surface area contributed by atoms with Crippen LogP contribution in [0.3, 0.4) is 0 Å². The molecular weight excluding hydrogens is 256 g/mol. The zero-order valence-corrected chi connectivity index (χ0v) is 11.6. The maximum absolute atomic E-state index is 4.51. The summed E-state index contributed by atoms with van der Waals surface area (Å²) in [6.45, 7) is 0. The molecule has 5 rings (SSSR count). The van der Waals surface area contributed by atoms with Crippen molar-refractivity contribution in [3.8, 4) is 11.1 Å². The van der Waals surface area contributed by atoms with E-state index in [0.29, 0.717) is 0 Å². The average molecular weight is 270 g/mol. The van der Waals surface area contributed by atoms with E-state index in [2.05, 4.69) is 58.5 Å². The van der Waals surface area contributed by atoms with Crippen LogP contribution in [0.5, 0.6) is 0 Å². The minimum Gasteiger partial charge on any atom is -0.245 e. The van der Waals surface area contributed by atoms with Crippen LogP contribution >= 0.6 is 0 Å². The van der Waals surface area contributed by atoms with Crippen LogP contribution in [0, 0.1) is 0 Å². The van der Waals surface area contributed by atoms with E-state index < -0.39 is 0 Å². The first-order valence-corrected chi connectivity index (χ1v) is 7.36. The van der Waals surface area contributed by atoms with Gasteiger partial charge in [0.15, 0.2) is 0 Å². The average Bonchev–Trinajstić information content (AvgIpc) is 3.06. The van der Waals surface area contributed by atoms with Gasteiger partial charge >= 0.3 is 0 Å². The summed E-state index contributed by atoms with van der Waals surface area (Å²) in [5.74, 6) is 0. The van der Waals surface area contributed by atoms with Crippen molar-refractivity contribution in [3.63, 3.8) is 0 Å². The summed E-state index contributed by atoms with van der Waals surface area (Å²) >= 11 is 0. The lowest BCUT2D eigenvalue weighted by atomic mass is 9.76. The molecule has 1 heterocycles. The van der Waals surface area contributed by atoms with Crippen molar-refractivity contribution in [3.05, 3.63) is 83.4 Å². The van der Waals surface area contributed by atoms with E-state index in [9.17, 15) is 0 Å². The van der Waals surface area contributed by atoms with Crippen LogP contribution in [0.4, 0.5) is 0 Å². The Bertz CT molecular complexity index is 794. The Labute approximate surface area is 123 Å². The van der Waals surface area contributed by atoms with Crippen LogP contribution < -0.4 is 0 Å². The molecule has 0 saturated carbocycles. The van der Waals surface area contributed by atoms with Crippen LogP contribution in [0.15, 0.2) is 61.1 Å². The van der Waals surface area contributed by atoms with Crippen LogP contribution in [0.25, 0.3) is 11.1 Å². The summed E-state index contributed by atoms with van der Waals surface area (Å²) < 4.78 is 0. The van der Waals surface area contributed by atoms with Crippen LogP contribution in [-0.2, 0) is 18.3 Å². The number of hydrogen-bond acceptors (Lipinski definition) is 2. The summed E-state index contributed by atoms with van der Waals surface area (Å²) in [4.78, 5) is 8.72. The van der Waals surface area contributed by atoms with Gasteiger partial charge in [-0.25, -0.2) is 9.97 Å². The topological polar surface area (TPSA) is 25.8 Å². The van der Waals surface area contributed by atoms with Gasteiger partial charge in [0.25, 0.3) is 0 Å². The molecule has 3 aromatic rings. The second-order valence-corrected chi connectivity index (χ2v) is 6.02. The summed E-state index contributed by atoms with van der Waals surface area (Å²) in [6, 6.07) is 17.6. The van der Waals surface area contributed by atoms with E-state index in [1.54, 1.807) is 6.33 Å². The van der Waals surface area contributed by atoms with Gasteiger partial charge in [0.1, 0.15) is 6.33 Å². The second-order valence-electron chi connectivity index (χ2n) is 6.02. The van der Waals surface area contributed by atoms with Crippen molar-refractivity contribution in [1.82, 2.24) is 9.97 Å². The highest BCUT2D eigenvalue weighted by Gasteiger charge is 2.47. The van der Waals surface area contributed by atoms with Gasteiger partial charge in [0, 0.05) is 23.7 Å². The molecule has 0 fully saturated rings. The Kier molecular flexibility index (Phi) is 2.02. The zero-order valence-electron chi connectivity index (χ0n) is 11.6. The Morgan fingerprint density at radius 2 is 1.48 bits per heavy atom. The van der Waals surface area contributed by atoms with Crippen molar-refractivity contribution in [2.75, 3.05) is 0 Å². The fourth-order valence-corrected chi connectivity index (χ4v) is 4.16. The fraction of sp³-hybridized carbons (Fsp3) is 0.158. The molecule has 0 bridgehead atoms. The number of benzene rings is 2. The highest BCUT2D eigenvalue weighted by atomic mass is 14.8. The number of fused-ring (bicyclic) bond motifs is 6. The van der Waals surface area contributed by atoms with E-state index in [0.717, 1.165) is 12.8 Å². The number of rotatable bonds is 0. The van der Waals surface area contributed by atoms with E-state index in [4.69, 9.17) is 0 Å². The maximum Gasteiger partial charge on any atom is 0.115 e. The molecule has 2 heteroatoms. The summed E-state index contributed by atoms with van der Waals surface area (Å²) in [7, 11) is 0. The van der Waals surface area contributed by atoms with Crippen molar-refractivity contribution >= 4 is 0 Å². The van der Waals surface area contributed by atoms with E-state index in [-0.39, 0.29) is 5.41 Å². The van der Waals surface area contributed by atoms with Crippen LogP contribution in [0.2, 0.25) is 0 Å². The largest absolute Gasteiger partial charge is 0.245 e.